The summed E-state index contributed by atoms with van der Waals surface area (Å²) in [4.78, 5) is 25.6. The molecule has 0 radical (unpaired) electrons. The smallest absolute Gasteiger partial charge is 0.225 e. The zero-order valence-electron chi connectivity index (χ0n) is 18.0. The van der Waals surface area contributed by atoms with Crippen molar-refractivity contribution in [3.8, 4) is 17.2 Å². The number of methoxy groups -OCH3 is 1. The third kappa shape index (κ3) is 4.29. The largest absolute Gasteiger partial charge is 0.508 e. The Bertz CT molecular complexity index is 1040. The fraction of sp³-hybridized carbons (Fsp3) is 0.360. The topological polar surface area (TPSA) is 84.9 Å². The van der Waals surface area contributed by atoms with E-state index < -0.39 is 0 Å². The van der Waals surface area contributed by atoms with Crippen molar-refractivity contribution in [1.29, 1.82) is 0 Å². The van der Waals surface area contributed by atoms with Crippen LogP contribution in [-0.2, 0) is 9.59 Å². The number of carbonyl (C=O) groups is 2. The Kier molecular flexibility index (Phi) is 5.72. The summed E-state index contributed by atoms with van der Waals surface area (Å²) in [6.45, 7) is 3.91. The summed E-state index contributed by atoms with van der Waals surface area (Å²) < 4.78 is 11.3. The second kappa shape index (κ2) is 8.46. The van der Waals surface area contributed by atoms with E-state index in [-0.39, 0.29) is 41.8 Å². The van der Waals surface area contributed by atoms with Crippen LogP contribution in [0, 0.1) is 0 Å². The van der Waals surface area contributed by atoms with Crippen molar-refractivity contribution in [2.24, 2.45) is 0 Å². The van der Waals surface area contributed by atoms with Gasteiger partial charge in [0.15, 0.2) is 17.3 Å². The zero-order chi connectivity index (χ0) is 22.1. The molecular weight excluding hydrogens is 394 g/mol. The number of hydrogen-bond acceptors (Lipinski definition) is 5. The lowest BCUT2D eigenvalue weighted by Crippen LogP contribution is -2.38. The number of rotatable bonds is 5. The summed E-state index contributed by atoms with van der Waals surface area (Å²) in [7, 11) is 1.60. The highest BCUT2D eigenvalue weighted by atomic mass is 16.5. The van der Waals surface area contributed by atoms with Gasteiger partial charge in [0.05, 0.1) is 13.2 Å². The van der Waals surface area contributed by atoms with Crippen LogP contribution >= 0.6 is 0 Å². The highest BCUT2D eigenvalue weighted by molar-refractivity contribution is 6.02. The maximum Gasteiger partial charge on any atom is 0.225 e. The van der Waals surface area contributed by atoms with E-state index in [4.69, 9.17) is 9.47 Å². The standard InChI is InChI=1S/C25H27NO5/c1-14(2)31-22-9-6-16(12-23(22)30-3)17-10-20-25(21(28)11-17)19(13-24(29)26-20)15-4-7-18(27)8-5-15/h4-9,12,14,17,19,27H,10-11,13H2,1-3H3,(H,26,29)/t17-,19+/m1/s1. The van der Waals surface area contributed by atoms with Gasteiger partial charge in [0.2, 0.25) is 5.91 Å². The van der Waals surface area contributed by atoms with Crippen LogP contribution in [0.3, 0.4) is 0 Å². The first kappa shape index (κ1) is 21.0. The molecule has 1 aliphatic heterocycles. The lowest BCUT2D eigenvalue weighted by molar-refractivity contribution is -0.122. The summed E-state index contributed by atoms with van der Waals surface area (Å²) in [5.41, 5.74) is 3.24. The highest BCUT2D eigenvalue weighted by Gasteiger charge is 2.38. The number of amides is 1. The number of allylic oxidation sites excluding steroid dienone is 2. The summed E-state index contributed by atoms with van der Waals surface area (Å²) in [6, 6.07) is 12.5. The third-order valence-corrected chi connectivity index (χ3v) is 5.85. The van der Waals surface area contributed by atoms with E-state index in [1.54, 1.807) is 31.4 Å². The molecule has 1 aliphatic carbocycles. The van der Waals surface area contributed by atoms with Crippen molar-refractivity contribution in [2.75, 3.05) is 7.11 Å². The maximum atomic E-state index is 13.2. The minimum absolute atomic E-state index is 0.0259. The minimum atomic E-state index is -0.283. The number of aromatic hydroxyl groups is 1. The maximum absolute atomic E-state index is 13.2. The summed E-state index contributed by atoms with van der Waals surface area (Å²) in [6.07, 6.45) is 1.21. The Morgan fingerprint density at radius 1 is 0.968 bits per heavy atom. The van der Waals surface area contributed by atoms with E-state index in [1.807, 2.05) is 32.0 Å². The molecule has 2 atom stereocenters. The first-order valence-electron chi connectivity index (χ1n) is 10.5. The lowest BCUT2D eigenvalue weighted by atomic mass is 9.73. The molecule has 0 bridgehead atoms. The average Bonchev–Trinajstić information content (AvgIpc) is 2.73. The minimum Gasteiger partial charge on any atom is -0.508 e. The number of ketones is 1. The van der Waals surface area contributed by atoms with Crippen LogP contribution in [0.15, 0.2) is 53.7 Å². The second-order valence-corrected chi connectivity index (χ2v) is 8.39. The number of Topliss-reactive ketones (excluding diaryl/α,β-unsaturated/α-hetero) is 1. The van der Waals surface area contributed by atoms with Crippen LogP contribution in [-0.4, -0.2) is 30.0 Å². The van der Waals surface area contributed by atoms with Gasteiger partial charge >= 0.3 is 0 Å². The monoisotopic (exact) mass is 421 g/mol. The molecule has 2 aromatic carbocycles. The van der Waals surface area contributed by atoms with E-state index in [0.717, 1.165) is 11.1 Å². The molecule has 2 aliphatic rings. The summed E-state index contributed by atoms with van der Waals surface area (Å²) in [5.74, 6) is 1.08. The molecule has 31 heavy (non-hydrogen) atoms. The Balaban J connectivity index is 1.65. The molecule has 162 valence electrons. The van der Waals surface area contributed by atoms with Crippen molar-refractivity contribution in [2.45, 2.75) is 51.0 Å². The zero-order valence-corrected chi connectivity index (χ0v) is 18.0. The SMILES string of the molecule is COc1cc([C@H]2CC(=O)C3=C(C2)NC(=O)C[C@H]3c2ccc(O)cc2)ccc1OC(C)C. The van der Waals surface area contributed by atoms with E-state index in [2.05, 4.69) is 5.32 Å². The van der Waals surface area contributed by atoms with Crippen molar-refractivity contribution >= 4 is 11.7 Å². The van der Waals surface area contributed by atoms with E-state index in [0.29, 0.717) is 35.6 Å². The predicted octanol–water partition coefficient (Wildman–Crippen LogP) is 4.19. The van der Waals surface area contributed by atoms with Crippen molar-refractivity contribution < 1.29 is 24.2 Å². The number of ether oxygens (including phenoxy) is 2. The molecule has 1 heterocycles. The molecule has 0 unspecified atom stereocenters. The Labute approximate surface area is 181 Å². The molecule has 6 nitrogen and oxygen atoms in total. The van der Waals surface area contributed by atoms with Gasteiger partial charge in [-0.25, -0.2) is 0 Å². The van der Waals surface area contributed by atoms with Crippen molar-refractivity contribution in [3.05, 3.63) is 64.9 Å². The molecule has 0 saturated carbocycles. The molecule has 0 spiro atoms. The third-order valence-electron chi connectivity index (χ3n) is 5.85. The molecule has 6 heteroatoms. The van der Waals surface area contributed by atoms with Gasteiger partial charge in [0, 0.05) is 30.0 Å². The van der Waals surface area contributed by atoms with Crippen LogP contribution in [0.25, 0.3) is 0 Å². The second-order valence-electron chi connectivity index (χ2n) is 8.39. The normalized spacial score (nSPS) is 21.0. The first-order chi connectivity index (χ1) is 14.9. The molecular formula is C25H27NO5. The number of phenolic OH excluding ortho intramolecular Hbond substituents is 1. The number of carbonyl (C=O) groups excluding carboxylic acids is 2. The van der Waals surface area contributed by atoms with Crippen LogP contribution in [0.2, 0.25) is 0 Å². The summed E-state index contributed by atoms with van der Waals surface area (Å²) >= 11 is 0. The van der Waals surface area contributed by atoms with Gasteiger partial charge in [-0.15, -0.1) is 0 Å². The highest BCUT2D eigenvalue weighted by Crippen LogP contribution is 2.44. The van der Waals surface area contributed by atoms with Crippen molar-refractivity contribution in [3.63, 3.8) is 0 Å². The fourth-order valence-electron chi connectivity index (χ4n) is 4.48. The van der Waals surface area contributed by atoms with Gasteiger partial charge in [0.1, 0.15) is 5.75 Å². The number of benzene rings is 2. The average molecular weight is 421 g/mol. The van der Waals surface area contributed by atoms with Gasteiger partial charge in [-0.3, -0.25) is 9.59 Å². The van der Waals surface area contributed by atoms with Crippen LogP contribution in [0.5, 0.6) is 17.2 Å². The van der Waals surface area contributed by atoms with Gasteiger partial charge in [0.25, 0.3) is 0 Å². The first-order valence-corrected chi connectivity index (χ1v) is 10.5. The van der Waals surface area contributed by atoms with E-state index >= 15 is 0 Å². The van der Waals surface area contributed by atoms with Crippen LogP contribution < -0.4 is 14.8 Å². The molecule has 2 aromatic rings. The molecule has 0 fully saturated rings. The molecule has 2 N–H and O–H groups in total. The fourth-order valence-corrected chi connectivity index (χ4v) is 4.48. The number of phenols is 1. The summed E-state index contributed by atoms with van der Waals surface area (Å²) in [5, 5.41) is 12.5. The van der Waals surface area contributed by atoms with Gasteiger partial charge in [-0.05, 0) is 61.6 Å². The van der Waals surface area contributed by atoms with Crippen LogP contribution in [0.4, 0.5) is 0 Å². The lowest BCUT2D eigenvalue weighted by Gasteiger charge is -2.34. The van der Waals surface area contributed by atoms with Gasteiger partial charge in [-0.1, -0.05) is 18.2 Å². The molecule has 0 aromatic heterocycles. The Hall–Kier alpha value is -3.28. The predicted molar refractivity (Wildman–Crippen MR) is 116 cm³/mol. The molecule has 0 saturated heterocycles. The van der Waals surface area contributed by atoms with Gasteiger partial charge in [-0.2, -0.15) is 0 Å². The van der Waals surface area contributed by atoms with E-state index in [1.165, 1.54) is 0 Å². The molecule has 4 rings (SSSR count). The quantitative estimate of drug-likeness (QED) is 0.756. The Morgan fingerprint density at radius 2 is 1.68 bits per heavy atom. The van der Waals surface area contributed by atoms with Gasteiger partial charge < -0.3 is 19.9 Å². The number of nitrogens with one attached hydrogen (secondary N) is 1. The van der Waals surface area contributed by atoms with Crippen molar-refractivity contribution in [1.82, 2.24) is 5.32 Å². The van der Waals surface area contributed by atoms with Crippen LogP contribution in [0.1, 0.15) is 56.1 Å². The van der Waals surface area contributed by atoms with E-state index in [9.17, 15) is 14.7 Å². The number of hydrogen-bond donors (Lipinski definition) is 2. The molecule has 1 amide bonds. The Morgan fingerprint density at radius 3 is 2.35 bits per heavy atom.